The minimum absolute atomic E-state index is 0.00657. The van der Waals surface area contributed by atoms with Gasteiger partial charge in [-0.1, -0.05) is 18.7 Å². The third-order valence-corrected chi connectivity index (χ3v) is 5.71. The lowest BCUT2D eigenvalue weighted by Gasteiger charge is -2.36. The second-order valence-electron chi connectivity index (χ2n) is 6.51. The van der Waals surface area contributed by atoms with Crippen molar-refractivity contribution in [3.05, 3.63) is 23.8 Å². The highest BCUT2D eigenvalue weighted by Crippen LogP contribution is 2.25. The average molecular weight is 362 g/mol. The third-order valence-electron chi connectivity index (χ3n) is 4.82. The van der Waals surface area contributed by atoms with Crippen molar-refractivity contribution >= 4 is 34.3 Å². The van der Waals surface area contributed by atoms with Crippen LogP contribution in [0.5, 0.6) is 0 Å². The molecular weight excluding hydrogens is 336 g/mol. The molecule has 3 rings (SSSR count). The fourth-order valence-electron chi connectivity index (χ4n) is 3.34. The van der Waals surface area contributed by atoms with Crippen LogP contribution in [-0.2, 0) is 4.79 Å². The molecule has 1 aromatic rings. The second kappa shape index (κ2) is 8.10. The first kappa shape index (κ1) is 18.1. The van der Waals surface area contributed by atoms with Crippen molar-refractivity contribution in [3.63, 3.8) is 0 Å². The summed E-state index contributed by atoms with van der Waals surface area (Å²) >= 11 is 1.27. The van der Waals surface area contributed by atoms with Crippen LogP contribution < -0.4 is 10.2 Å². The summed E-state index contributed by atoms with van der Waals surface area (Å²) < 4.78 is 0. The Morgan fingerprint density at radius 1 is 1.20 bits per heavy atom. The summed E-state index contributed by atoms with van der Waals surface area (Å²) in [6.07, 6.45) is 0. The Balaban J connectivity index is 1.58. The van der Waals surface area contributed by atoms with E-state index in [0.29, 0.717) is 6.54 Å². The van der Waals surface area contributed by atoms with E-state index in [9.17, 15) is 9.59 Å². The number of anilines is 2. The Labute approximate surface area is 153 Å². The number of carbonyl (C=O) groups is 2. The summed E-state index contributed by atoms with van der Waals surface area (Å²) in [4.78, 5) is 30.2. The van der Waals surface area contributed by atoms with E-state index in [-0.39, 0.29) is 17.7 Å². The van der Waals surface area contributed by atoms with Crippen molar-refractivity contribution in [2.45, 2.75) is 13.8 Å². The molecule has 0 unspecified atom stereocenters. The zero-order valence-corrected chi connectivity index (χ0v) is 15.8. The van der Waals surface area contributed by atoms with Crippen molar-refractivity contribution < 1.29 is 9.59 Å². The molecule has 0 bridgehead atoms. The Kier molecular flexibility index (Phi) is 5.86. The van der Waals surface area contributed by atoms with Crippen molar-refractivity contribution in [2.75, 3.05) is 61.8 Å². The lowest BCUT2D eigenvalue weighted by atomic mass is 10.1. The van der Waals surface area contributed by atoms with E-state index in [1.807, 2.05) is 12.1 Å². The standard InChI is InChI=1S/C18H26N4O2S/c1-3-20-6-8-21(9-7-20)16-5-4-15(12-14(16)2)19-17(23)13-22-10-11-25-18(22)24/h4-5,12H,3,6-11,13H2,1-2H3,(H,19,23). The van der Waals surface area contributed by atoms with Crippen molar-refractivity contribution in [2.24, 2.45) is 0 Å². The predicted octanol–water partition coefficient (Wildman–Crippen LogP) is 2.24. The Hall–Kier alpha value is -1.73. The van der Waals surface area contributed by atoms with Crippen LogP contribution in [-0.4, -0.2) is 72.5 Å². The molecule has 0 atom stereocenters. The van der Waals surface area contributed by atoms with Crippen LogP contribution in [0.4, 0.5) is 16.2 Å². The highest BCUT2D eigenvalue weighted by Gasteiger charge is 2.23. The molecule has 7 heteroatoms. The molecule has 0 spiro atoms. The molecule has 0 radical (unpaired) electrons. The van der Waals surface area contributed by atoms with E-state index < -0.39 is 0 Å². The SMILES string of the molecule is CCN1CCN(c2ccc(NC(=O)CN3CCSC3=O)cc2C)CC1. The summed E-state index contributed by atoms with van der Waals surface area (Å²) in [5.74, 6) is 0.630. The molecule has 6 nitrogen and oxygen atoms in total. The molecule has 1 aromatic carbocycles. The van der Waals surface area contributed by atoms with Crippen LogP contribution in [0.3, 0.4) is 0 Å². The van der Waals surface area contributed by atoms with Gasteiger partial charge in [0.05, 0.1) is 0 Å². The minimum Gasteiger partial charge on any atom is -0.369 e. The summed E-state index contributed by atoms with van der Waals surface area (Å²) in [6.45, 7) is 10.4. The lowest BCUT2D eigenvalue weighted by Crippen LogP contribution is -2.46. The Morgan fingerprint density at radius 3 is 2.56 bits per heavy atom. The molecule has 2 heterocycles. The van der Waals surface area contributed by atoms with E-state index in [0.717, 1.165) is 49.7 Å². The molecule has 136 valence electrons. The van der Waals surface area contributed by atoms with Gasteiger partial charge in [0.15, 0.2) is 0 Å². The third kappa shape index (κ3) is 4.46. The van der Waals surface area contributed by atoms with Crippen LogP contribution >= 0.6 is 11.8 Å². The van der Waals surface area contributed by atoms with Gasteiger partial charge in [-0.25, -0.2) is 0 Å². The quantitative estimate of drug-likeness (QED) is 0.871. The van der Waals surface area contributed by atoms with Crippen molar-refractivity contribution in [3.8, 4) is 0 Å². The molecule has 2 saturated heterocycles. The van der Waals surface area contributed by atoms with Gasteiger partial charge in [-0.2, -0.15) is 0 Å². The first-order valence-corrected chi connectivity index (χ1v) is 9.85. The summed E-state index contributed by atoms with van der Waals surface area (Å²) in [6, 6.07) is 6.05. The topological polar surface area (TPSA) is 55.9 Å². The maximum Gasteiger partial charge on any atom is 0.282 e. The van der Waals surface area contributed by atoms with E-state index in [1.165, 1.54) is 17.4 Å². The number of hydrogen-bond acceptors (Lipinski definition) is 5. The molecule has 0 aliphatic carbocycles. The predicted molar refractivity (Wildman–Crippen MR) is 104 cm³/mol. The Morgan fingerprint density at radius 2 is 1.96 bits per heavy atom. The molecule has 25 heavy (non-hydrogen) atoms. The van der Waals surface area contributed by atoms with Gasteiger partial charge in [0.2, 0.25) is 5.91 Å². The monoisotopic (exact) mass is 362 g/mol. The van der Waals surface area contributed by atoms with E-state index >= 15 is 0 Å². The van der Waals surface area contributed by atoms with E-state index in [4.69, 9.17) is 0 Å². The molecule has 0 saturated carbocycles. The van der Waals surface area contributed by atoms with E-state index in [2.05, 4.69) is 35.0 Å². The minimum atomic E-state index is -0.139. The molecule has 2 fully saturated rings. The smallest absolute Gasteiger partial charge is 0.282 e. The molecule has 1 N–H and O–H groups in total. The highest BCUT2D eigenvalue weighted by molar-refractivity contribution is 8.13. The van der Waals surface area contributed by atoms with Gasteiger partial charge in [-0.15, -0.1) is 0 Å². The van der Waals surface area contributed by atoms with Crippen LogP contribution in [0.1, 0.15) is 12.5 Å². The summed E-state index contributed by atoms with van der Waals surface area (Å²) in [7, 11) is 0. The zero-order chi connectivity index (χ0) is 17.8. The number of nitrogens with one attached hydrogen (secondary N) is 1. The lowest BCUT2D eigenvalue weighted by molar-refractivity contribution is -0.116. The highest BCUT2D eigenvalue weighted by atomic mass is 32.2. The molecule has 2 aliphatic heterocycles. The van der Waals surface area contributed by atoms with Gasteiger partial charge >= 0.3 is 0 Å². The van der Waals surface area contributed by atoms with Crippen LogP contribution in [0, 0.1) is 6.92 Å². The number of amides is 2. The molecule has 2 amide bonds. The van der Waals surface area contributed by atoms with Gasteiger partial charge in [0.1, 0.15) is 6.54 Å². The first-order chi connectivity index (χ1) is 12.1. The maximum atomic E-state index is 12.2. The van der Waals surface area contributed by atoms with Gasteiger partial charge in [0.25, 0.3) is 5.24 Å². The number of nitrogens with zero attached hydrogens (tertiary/aromatic N) is 3. The number of thioether (sulfide) groups is 1. The van der Waals surface area contributed by atoms with Gasteiger partial charge < -0.3 is 20.0 Å². The fourth-order valence-corrected chi connectivity index (χ4v) is 4.16. The number of rotatable bonds is 5. The second-order valence-corrected chi connectivity index (χ2v) is 7.55. The van der Waals surface area contributed by atoms with Crippen LogP contribution in [0.15, 0.2) is 18.2 Å². The molecule has 2 aliphatic rings. The van der Waals surface area contributed by atoms with Crippen LogP contribution in [0.2, 0.25) is 0 Å². The first-order valence-electron chi connectivity index (χ1n) is 8.86. The number of carbonyl (C=O) groups excluding carboxylic acids is 2. The van der Waals surface area contributed by atoms with Gasteiger partial charge in [-0.3, -0.25) is 9.59 Å². The number of hydrogen-bond donors (Lipinski definition) is 1. The maximum absolute atomic E-state index is 12.2. The molecule has 0 aromatic heterocycles. The fraction of sp³-hybridized carbons (Fsp3) is 0.556. The summed E-state index contributed by atoms with van der Waals surface area (Å²) in [5.41, 5.74) is 3.19. The van der Waals surface area contributed by atoms with Crippen molar-refractivity contribution in [1.29, 1.82) is 0 Å². The zero-order valence-electron chi connectivity index (χ0n) is 15.0. The average Bonchev–Trinajstić information content (AvgIpc) is 3.00. The molecular formula is C18H26N4O2S. The summed E-state index contributed by atoms with van der Waals surface area (Å²) in [5, 5.41) is 2.90. The number of piperazine rings is 1. The Bertz CT molecular complexity index is 644. The largest absolute Gasteiger partial charge is 0.369 e. The van der Waals surface area contributed by atoms with Crippen molar-refractivity contribution in [1.82, 2.24) is 9.80 Å². The van der Waals surface area contributed by atoms with Crippen LogP contribution in [0.25, 0.3) is 0 Å². The van der Waals surface area contributed by atoms with Gasteiger partial charge in [-0.05, 0) is 37.2 Å². The number of likely N-dealkylation sites (N-methyl/N-ethyl adjacent to an activating group) is 1. The number of benzene rings is 1. The van der Waals surface area contributed by atoms with Gasteiger partial charge in [0, 0.05) is 49.9 Å². The van der Waals surface area contributed by atoms with E-state index in [1.54, 1.807) is 4.90 Å². The normalized spacial score (nSPS) is 18.7. The number of aryl methyl sites for hydroxylation is 1.